The molecule has 0 unspecified atom stereocenters. The van der Waals surface area contributed by atoms with E-state index in [9.17, 15) is 13.9 Å². The third-order valence-electron chi connectivity index (χ3n) is 3.24. The molecule has 0 spiro atoms. The first-order valence-electron chi connectivity index (χ1n) is 6.43. The molecule has 1 aromatic rings. The highest BCUT2D eigenvalue weighted by Gasteiger charge is 2.24. The first-order valence-corrected chi connectivity index (χ1v) is 6.43. The minimum atomic E-state index is -1.05. The molecule has 2 N–H and O–H groups in total. The zero-order valence-corrected chi connectivity index (χ0v) is 11.6. The van der Waals surface area contributed by atoms with Gasteiger partial charge in [-0.1, -0.05) is 13.8 Å². The molecule has 0 fully saturated rings. The molecule has 0 aromatic heterocycles. The molecule has 0 saturated carbocycles. The average Bonchev–Trinajstić information content (AvgIpc) is 2.38. The summed E-state index contributed by atoms with van der Waals surface area (Å²) in [7, 11) is 1.70. The molecule has 19 heavy (non-hydrogen) atoms. The van der Waals surface area contributed by atoms with Crippen molar-refractivity contribution in [2.75, 3.05) is 13.7 Å². The summed E-state index contributed by atoms with van der Waals surface area (Å²) in [6.07, 6.45) is 0.926. The molecule has 0 aliphatic rings. The Morgan fingerprint density at radius 2 is 1.74 bits per heavy atom. The Bertz CT molecular complexity index is 397. The molecule has 0 heterocycles. The third-order valence-corrected chi connectivity index (χ3v) is 3.24. The van der Waals surface area contributed by atoms with Gasteiger partial charge < -0.3 is 15.2 Å². The van der Waals surface area contributed by atoms with E-state index in [1.807, 2.05) is 0 Å². The molecule has 108 valence electrons. The fourth-order valence-corrected chi connectivity index (χ4v) is 1.72. The molecule has 0 radical (unpaired) electrons. The average molecular weight is 273 g/mol. The number of hydrogen-bond donors (Lipinski definition) is 2. The lowest BCUT2D eigenvalue weighted by Crippen LogP contribution is -2.34. The van der Waals surface area contributed by atoms with Gasteiger partial charge in [0.25, 0.3) is 0 Å². The largest absolute Gasteiger partial charge is 0.485 e. The van der Waals surface area contributed by atoms with Crippen LogP contribution in [0.1, 0.15) is 32.3 Å². The van der Waals surface area contributed by atoms with E-state index < -0.39 is 23.0 Å². The third kappa shape index (κ3) is 4.14. The van der Waals surface area contributed by atoms with Crippen molar-refractivity contribution in [1.29, 1.82) is 0 Å². The number of ether oxygens (including phenoxy) is 1. The maximum absolute atomic E-state index is 13.7. The summed E-state index contributed by atoms with van der Waals surface area (Å²) in [5.74, 6) is -1.93. The summed E-state index contributed by atoms with van der Waals surface area (Å²) >= 11 is 0. The highest BCUT2D eigenvalue weighted by atomic mass is 19.1. The molecule has 0 aliphatic heterocycles. The van der Waals surface area contributed by atoms with Crippen molar-refractivity contribution in [3.8, 4) is 5.75 Å². The van der Waals surface area contributed by atoms with Gasteiger partial charge >= 0.3 is 0 Å². The van der Waals surface area contributed by atoms with Crippen LogP contribution >= 0.6 is 0 Å². The van der Waals surface area contributed by atoms with E-state index in [0.29, 0.717) is 24.9 Å². The second-order valence-corrected chi connectivity index (χ2v) is 4.64. The number of nitrogens with one attached hydrogen (secondary N) is 1. The van der Waals surface area contributed by atoms with Crippen molar-refractivity contribution < 1.29 is 18.6 Å². The Morgan fingerprint density at radius 3 is 2.16 bits per heavy atom. The molecule has 3 nitrogen and oxygen atoms in total. The minimum absolute atomic E-state index is 0.126. The van der Waals surface area contributed by atoms with Crippen LogP contribution < -0.4 is 10.1 Å². The van der Waals surface area contributed by atoms with E-state index in [-0.39, 0.29) is 6.61 Å². The highest BCUT2D eigenvalue weighted by molar-refractivity contribution is 5.31. The van der Waals surface area contributed by atoms with Gasteiger partial charge in [-0.15, -0.1) is 0 Å². The van der Waals surface area contributed by atoms with Crippen LogP contribution in [0, 0.1) is 11.6 Å². The minimum Gasteiger partial charge on any atom is -0.485 e. The van der Waals surface area contributed by atoms with Gasteiger partial charge in [0, 0.05) is 6.54 Å². The van der Waals surface area contributed by atoms with Crippen LogP contribution in [-0.4, -0.2) is 24.4 Å². The number of hydrogen-bond acceptors (Lipinski definition) is 3. The van der Waals surface area contributed by atoms with Gasteiger partial charge in [-0.05, 0) is 37.6 Å². The van der Waals surface area contributed by atoms with Crippen molar-refractivity contribution in [2.45, 2.75) is 38.8 Å². The fraction of sp³-hybridized carbons (Fsp3) is 0.571. The van der Waals surface area contributed by atoms with Crippen molar-refractivity contribution in [3.63, 3.8) is 0 Å². The van der Waals surface area contributed by atoms with Gasteiger partial charge in [0.05, 0.1) is 5.60 Å². The number of halogens is 2. The summed E-state index contributed by atoms with van der Waals surface area (Å²) in [5.41, 5.74) is -0.547. The Balaban J connectivity index is 2.84. The van der Waals surface area contributed by atoms with Crippen LogP contribution in [0.15, 0.2) is 12.1 Å². The normalized spacial score (nSPS) is 11.7. The first kappa shape index (κ1) is 15.9. The summed E-state index contributed by atoms with van der Waals surface area (Å²) in [5, 5.41) is 12.8. The van der Waals surface area contributed by atoms with Gasteiger partial charge in [-0.2, -0.15) is 0 Å². The van der Waals surface area contributed by atoms with Gasteiger partial charge in [0.1, 0.15) is 6.61 Å². The molecule has 0 saturated heterocycles. The topological polar surface area (TPSA) is 41.5 Å². The van der Waals surface area contributed by atoms with Crippen LogP contribution in [0.25, 0.3) is 0 Å². The predicted molar refractivity (Wildman–Crippen MR) is 70.1 cm³/mol. The zero-order chi connectivity index (χ0) is 14.5. The van der Waals surface area contributed by atoms with Crippen molar-refractivity contribution in [3.05, 3.63) is 29.3 Å². The second-order valence-electron chi connectivity index (χ2n) is 4.64. The Labute approximate surface area is 112 Å². The molecule has 0 atom stereocenters. The molecule has 0 amide bonds. The maximum atomic E-state index is 13.7. The van der Waals surface area contributed by atoms with Gasteiger partial charge in [-0.3, -0.25) is 0 Å². The number of rotatable bonds is 7. The van der Waals surface area contributed by atoms with E-state index in [0.717, 1.165) is 0 Å². The molecule has 0 aliphatic carbocycles. The van der Waals surface area contributed by atoms with E-state index in [4.69, 9.17) is 4.74 Å². The summed E-state index contributed by atoms with van der Waals surface area (Å²) in [4.78, 5) is 0. The monoisotopic (exact) mass is 273 g/mol. The second kappa shape index (κ2) is 6.82. The Morgan fingerprint density at radius 1 is 1.21 bits per heavy atom. The summed E-state index contributed by atoms with van der Waals surface area (Å²) in [6, 6.07) is 2.46. The lowest BCUT2D eigenvalue weighted by molar-refractivity contribution is -0.0133. The molecule has 5 heteroatoms. The smallest absolute Gasteiger partial charge is 0.190 e. The van der Waals surface area contributed by atoms with Crippen LogP contribution in [0.3, 0.4) is 0 Å². The van der Waals surface area contributed by atoms with Gasteiger partial charge in [-0.25, -0.2) is 8.78 Å². The number of aliphatic hydroxyl groups is 1. The summed E-state index contributed by atoms with van der Waals surface area (Å²) < 4.78 is 32.6. The molecule has 1 aromatic carbocycles. The molecule has 1 rings (SSSR count). The van der Waals surface area contributed by atoms with E-state index in [1.165, 1.54) is 12.1 Å². The Kier molecular flexibility index (Phi) is 5.69. The lowest BCUT2D eigenvalue weighted by Gasteiger charge is -2.25. The molecule has 0 bridgehead atoms. The van der Waals surface area contributed by atoms with Crippen molar-refractivity contribution in [2.24, 2.45) is 0 Å². The standard InChI is InChI=1S/C14H21F2NO2/c1-4-14(18,5-2)9-19-13-11(15)6-10(8-17-3)7-12(13)16/h6-7,17-18H,4-5,8-9H2,1-3H3. The van der Waals surface area contributed by atoms with Crippen LogP contribution in [0.5, 0.6) is 5.75 Å². The zero-order valence-electron chi connectivity index (χ0n) is 11.6. The fourth-order valence-electron chi connectivity index (χ4n) is 1.72. The predicted octanol–water partition coefficient (Wildman–Crippen LogP) is 2.61. The number of benzene rings is 1. The van der Waals surface area contributed by atoms with Crippen LogP contribution in [0.4, 0.5) is 8.78 Å². The van der Waals surface area contributed by atoms with E-state index in [1.54, 1.807) is 20.9 Å². The quantitative estimate of drug-likeness (QED) is 0.802. The SMILES string of the molecule is CCC(O)(CC)COc1c(F)cc(CNC)cc1F. The van der Waals surface area contributed by atoms with Gasteiger partial charge in [0.15, 0.2) is 17.4 Å². The van der Waals surface area contributed by atoms with Crippen molar-refractivity contribution in [1.82, 2.24) is 5.32 Å². The maximum Gasteiger partial charge on any atom is 0.190 e. The summed E-state index contributed by atoms with van der Waals surface area (Å²) in [6.45, 7) is 3.85. The first-order chi connectivity index (χ1) is 8.95. The van der Waals surface area contributed by atoms with Crippen molar-refractivity contribution >= 4 is 0 Å². The molecular formula is C14H21F2NO2. The van der Waals surface area contributed by atoms with E-state index in [2.05, 4.69) is 5.32 Å². The lowest BCUT2D eigenvalue weighted by atomic mass is 9.99. The molecular weight excluding hydrogens is 252 g/mol. The van der Waals surface area contributed by atoms with Crippen LogP contribution in [0.2, 0.25) is 0 Å². The van der Waals surface area contributed by atoms with E-state index >= 15 is 0 Å². The highest BCUT2D eigenvalue weighted by Crippen LogP contribution is 2.25. The van der Waals surface area contributed by atoms with Gasteiger partial charge in [0.2, 0.25) is 0 Å². The Hall–Kier alpha value is -1.20. The van der Waals surface area contributed by atoms with Crippen LogP contribution in [-0.2, 0) is 6.54 Å².